The predicted octanol–water partition coefficient (Wildman–Crippen LogP) is 2.02. The van der Waals surface area contributed by atoms with Crippen molar-refractivity contribution in [3.8, 4) is 0 Å². The molecule has 1 rings (SSSR count). The van der Waals surface area contributed by atoms with Gasteiger partial charge in [0, 0.05) is 6.54 Å². The Morgan fingerprint density at radius 2 is 2.08 bits per heavy atom. The largest absolute Gasteiger partial charge is 0.390 e. The summed E-state index contributed by atoms with van der Waals surface area (Å²) < 4.78 is 0. The molecule has 2 nitrogen and oxygen atoms in total. The molecule has 1 fully saturated rings. The van der Waals surface area contributed by atoms with Gasteiger partial charge in [0.25, 0.3) is 0 Å². The molecule has 1 saturated heterocycles. The number of hydrogen-bond donors (Lipinski definition) is 1. The van der Waals surface area contributed by atoms with Gasteiger partial charge in [-0.1, -0.05) is 13.3 Å². The Balaban J connectivity index is 2.28. The van der Waals surface area contributed by atoms with Crippen LogP contribution in [-0.2, 0) is 0 Å². The van der Waals surface area contributed by atoms with E-state index in [4.69, 9.17) is 0 Å². The number of rotatable bonds is 3. The fourth-order valence-electron chi connectivity index (χ4n) is 1.92. The van der Waals surface area contributed by atoms with E-state index in [1.807, 2.05) is 6.92 Å². The SMILES string of the molecule is CCCCN1CCCC(C)(O)CC1. The molecule has 1 atom stereocenters. The summed E-state index contributed by atoms with van der Waals surface area (Å²) >= 11 is 0. The van der Waals surface area contributed by atoms with Crippen molar-refractivity contribution in [3.63, 3.8) is 0 Å². The summed E-state index contributed by atoms with van der Waals surface area (Å²) in [6, 6.07) is 0. The summed E-state index contributed by atoms with van der Waals surface area (Å²) in [5.74, 6) is 0. The summed E-state index contributed by atoms with van der Waals surface area (Å²) in [6.45, 7) is 7.67. The third kappa shape index (κ3) is 4.10. The molecule has 1 aliphatic rings. The minimum absolute atomic E-state index is 0.402. The van der Waals surface area contributed by atoms with Crippen molar-refractivity contribution >= 4 is 0 Å². The van der Waals surface area contributed by atoms with E-state index in [-0.39, 0.29) is 0 Å². The quantitative estimate of drug-likeness (QED) is 0.727. The molecule has 0 amide bonds. The molecule has 1 heterocycles. The van der Waals surface area contributed by atoms with Crippen molar-refractivity contribution in [3.05, 3.63) is 0 Å². The smallest absolute Gasteiger partial charge is 0.0632 e. The van der Waals surface area contributed by atoms with Crippen LogP contribution in [0, 0.1) is 0 Å². The molecule has 0 radical (unpaired) electrons. The van der Waals surface area contributed by atoms with Crippen LogP contribution in [0.4, 0.5) is 0 Å². The minimum Gasteiger partial charge on any atom is -0.390 e. The van der Waals surface area contributed by atoms with E-state index in [0.717, 1.165) is 25.8 Å². The Bertz CT molecular complexity index is 145. The molecule has 0 aromatic carbocycles. The molecule has 78 valence electrons. The normalized spacial score (nSPS) is 31.6. The van der Waals surface area contributed by atoms with Crippen LogP contribution < -0.4 is 0 Å². The Labute approximate surface area is 81.9 Å². The summed E-state index contributed by atoms with van der Waals surface area (Å²) in [4.78, 5) is 2.49. The average molecular weight is 185 g/mol. The fraction of sp³-hybridized carbons (Fsp3) is 1.00. The molecule has 13 heavy (non-hydrogen) atoms. The van der Waals surface area contributed by atoms with Crippen molar-refractivity contribution in [1.82, 2.24) is 4.90 Å². The van der Waals surface area contributed by atoms with E-state index >= 15 is 0 Å². The van der Waals surface area contributed by atoms with Crippen LogP contribution >= 0.6 is 0 Å². The Morgan fingerprint density at radius 3 is 2.77 bits per heavy atom. The van der Waals surface area contributed by atoms with Gasteiger partial charge in [0.05, 0.1) is 5.60 Å². The lowest BCUT2D eigenvalue weighted by molar-refractivity contribution is 0.0446. The zero-order chi connectivity index (χ0) is 9.73. The van der Waals surface area contributed by atoms with Crippen molar-refractivity contribution in [2.45, 2.75) is 51.6 Å². The molecule has 1 unspecified atom stereocenters. The molecule has 2 heteroatoms. The van der Waals surface area contributed by atoms with Crippen LogP contribution in [-0.4, -0.2) is 35.2 Å². The lowest BCUT2D eigenvalue weighted by atomic mass is 9.98. The van der Waals surface area contributed by atoms with Gasteiger partial charge in [-0.2, -0.15) is 0 Å². The number of nitrogens with zero attached hydrogens (tertiary/aromatic N) is 1. The Hall–Kier alpha value is -0.0800. The molecule has 1 N–H and O–H groups in total. The van der Waals surface area contributed by atoms with Gasteiger partial charge in [-0.05, 0) is 45.7 Å². The molecule has 1 aliphatic heterocycles. The lowest BCUT2D eigenvalue weighted by Gasteiger charge is -2.22. The highest BCUT2D eigenvalue weighted by Gasteiger charge is 2.24. The molecule has 0 aliphatic carbocycles. The van der Waals surface area contributed by atoms with Gasteiger partial charge in [0.2, 0.25) is 0 Å². The highest BCUT2D eigenvalue weighted by atomic mass is 16.3. The van der Waals surface area contributed by atoms with Gasteiger partial charge in [0.1, 0.15) is 0 Å². The van der Waals surface area contributed by atoms with Crippen molar-refractivity contribution in [2.24, 2.45) is 0 Å². The fourth-order valence-corrected chi connectivity index (χ4v) is 1.92. The van der Waals surface area contributed by atoms with Gasteiger partial charge in [-0.15, -0.1) is 0 Å². The summed E-state index contributed by atoms with van der Waals surface area (Å²) in [7, 11) is 0. The minimum atomic E-state index is -0.402. The number of aliphatic hydroxyl groups is 1. The third-order valence-corrected chi connectivity index (χ3v) is 2.98. The van der Waals surface area contributed by atoms with E-state index < -0.39 is 5.60 Å². The second-order valence-corrected chi connectivity index (χ2v) is 4.55. The molecule has 0 bridgehead atoms. The van der Waals surface area contributed by atoms with E-state index in [1.165, 1.54) is 25.9 Å². The Morgan fingerprint density at radius 1 is 1.31 bits per heavy atom. The van der Waals surface area contributed by atoms with Crippen molar-refractivity contribution in [2.75, 3.05) is 19.6 Å². The molecule has 0 aromatic heterocycles. The molecular formula is C11H23NO. The van der Waals surface area contributed by atoms with E-state index in [2.05, 4.69) is 11.8 Å². The molecular weight excluding hydrogens is 162 g/mol. The summed E-state index contributed by atoms with van der Waals surface area (Å²) in [5, 5.41) is 9.87. The zero-order valence-electron chi connectivity index (χ0n) is 9.05. The van der Waals surface area contributed by atoms with Crippen LogP contribution in [0.15, 0.2) is 0 Å². The summed E-state index contributed by atoms with van der Waals surface area (Å²) in [6.07, 6.45) is 5.62. The maximum absolute atomic E-state index is 9.87. The van der Waals surface area contributed by atoms with Crippen LogP contribution in [0.2, 0.25) is 0 Å². The van der Waals surface area contributed by atoms with Gasteiger partial charge in [-0.3, -0.25) is 0 Å². The van der Waals surface area contributed by atoms with E-state index in [0.29, 0.717) is 0 Å². The first-order valence-electron chi connectivity index (χ1n) is 5.59. The number of likely N-dealkylation sites (tertiary alicyclic amines) is 1. The average Bonchev–Trinajstić information content (AvgIpc) is 2.23. The Kier molecular flexibility index (Phi) is 4.20. The van der Waals surface area contributed by atoms with Gasteiger partial charge in [-0.25, -0.2) is 0 Å². The molecule has 0 saturated carbocycles. The monoisotopic (exact) mass is 185 g/mol. The van der Waals surface area contributed by atoms with Crippen LogP contribution in [0.25, 0.3) is 0 Å². The number of unbranched alkanes of at least 4 members (excludes halogenated alkanes) is 1. The van der Waals surface area contributed by atoms with Gasteiger partial charge >= 0.3 is 0 Å². The molecule has 0 aromatic rings. The maximum atomic E-state index is 9.87. The first kappa shape index (κ1) is 11.0. The van der Waals surface area contributed by atoms with Gasteiger partial charge < -0.3 is 10.0 Å². The predicted molar refractivity (Wildman–Crippen MR) is 55.8 cm³/mol. The van der Waals surface area contributed by atoms with Crippen LogP contribution in [0.3, 0.4) is 0 Å². The number of hydrogen-bond acceptors (Lipinski definition) is 2. The topological polar surface area (TPSA) is 23.5 Å². The van der Waals surface area contributed by atoms with E-state index in [1.54, 1.807) is 0 Å². The first-order chi connectivity index (χ1) is 6.14. The van der Waals surface area contributed by atoms with Crippen molar-refractivity contribution < 1.29 is 5.11 Å². The second kappa shape index (κ2) is 4.97. The zero-order valence-corrected chi connectivity index (χ0v) is 9.05. The second-order valence-electron chi connectivity index (χ2n) is 4.55. The first-order valence-corrected chi connectivity index (χ1v) is 5.59. The van der Waals surface area contributed by atoms with E-state index in [9.17, 15) is 5.11 Å². The van der Waals surface area contributed by atoms with Crippen LogP contribution in [0.5, 0.6) is 0 Å². The van der Waals surface area contributed by atoms with Crippen molar-refractivity contribution in [1.29, 1.82) is 0 Å². The standard InChI is InChI=1S/C11H23NO/c1-3-4-8-12-9-5-6-11(2,13)7-10-12/h13H,3-10H2,1-2H3. The highest BCUT2D eigenvalue weighted by Crippen LogP contribution is 2.21. The maximum Gasteiger partial charge on any atom is 0.0632 e. The summed E-state index contributed by atoms with van der Waals surface area (Å²) in [5.41, 5.74) is -0.402. The van der Waals surface area contributed by atoms with Gasteiger partial charge in [0.15, 0.2) is 0 Å². The highest BCUT2D eigenvalue weighted by molar-refractivity contribution is 4.78. The lowest BCUT2D eigenvalue weighted by Crippen LogP contribution is -2.29. The molecule has 0 spiro atoms. The third-order valence-electron chi connectivity index (χ3n) is 2.98. The van der Waals surface area contributed by atoms with Crippen LogP contribution in [0.1, 0.15) is 46.0 Å².